The summed E-state index contributed by atoms with van der Waals surface area (Å²) in [6.45, 7) is 3.87. The van der Waals surface area contributed by atoms with Gasteiger partial charge in [0, 0.05) is 10.6 Å². The van der Waals surface area contributed by atoms with Gasteiger partial charge in [-0.1, -0.05) is 49.7 Å². The molecule has 0 aliphatic carbocycles. The summed E-state index contributed by atoms with van der Waals surface area (Å²) in [5, 5.41) is 2.81. The van der Waals surface area contributed by atoms with Gasteiger partial charge < -0.3 is 5.32 Å². The van der Waals surface area contributed by atoms with Crippen LogP contribution >= 0.6 is 11.6 Å². The Kier molecular flexibility index (Phi) is 6.97. The number of para-hydroxylation sites is 1. The van der Waals surface area contributed by atoms with E-state index in [0.29, 0.717) is 23.6 Å². The van der Waals surface area contributed by atoms with Gasteiger partial charge in [0.25, 0.3) is 15.9 Å². The van der Waals surface area contributed by atoms with Crippen LogP contribution in [0.1, 0.15) is 35.3 Å². The molecular formula is C23H22ClFN2O3S. The fourth-order valence-corrected chi connectivity index (χ4v) is 4.50. The first kappa shape index (κ1) is 22.8. The topological polar surface area (TPSA) is 75.3 Å². The molecule has 31 heavy (non-hydrogen) atoms. The van der Waals surface area contributed by atoms with Gasteiger partial charge in [0.05, 0.1) is 16.3 Å². The molecule has 0 unspecified atom stereocenters. The SMILES string of the molecule is CCc1cccc(CC)c1NS(=O)(=O)c1ccc(NC(=O)c2cccc(Cl)c2)c(F)c1. The van der Waals surface area contributed by atoms with Crippen LogP contribution in [0.4, 0.5) is 15.8 Å². The van der Waals surface area contributed by atoms with E-state index in [1.54, 1.807) is 18.2 Å². The smallest absolute Gasteiger partial charge is 0.262 e. The van der Waals surface area contributed by atoms with Gasteiger partial charge in [0.15, 0.2) is 0 Å². The number of amides is 1. The maximum Gasteiger partial charge on any atom is 0.262 e. The van der Waals surface area contributed by atoms with Crippen LogP contribution in [0.3, 0.4) is 0 Å². The molecule has 0 aliphatic rings. The molecule has 0 aliphatic heterocycles. The number of anilines is 2. The largest absolute Gasteiger partial charge is 0.319 e. The van der Waals surface area contributed by atoms with E-state index in [2.05, 4.69) is 10.0 Å². The van der Waals surface area contributed by atoms with Crippen LogP contribution in [-0.4, -0.2) is 14.3 Å². The number of carbonyl (C=O) groups is 1. The summed E-state index contributed by atoms with van der Waals surface area (Å²) in [7, 11) is -4.02. The molecule has 3 aromatic rings. The van der Waals surface area contributed by atoms with Crippen molar-refractivity contribution >= 4 is 38.9 Å². The molecule has 0 bridgehead atoms. The van der Waals surface area contributed by atoms with Crippen molar-refractivity contribution in [2.24, 2.45) is 0 Å². The molecule has 5 nitrogen and oxygen atoms in total. The molecular weight excluding hydrogens is 439 g/mol. The molecule has 1 amide bonds. The molecule has 0 aromatic heterocycles. The van der Waals surface area contributed by atoms with Crippen molar-refractivity contribution in [2.75, 3.05) is 10.0 Å². The Morgan fingerprint density at radius 1 is 0.968 bits per heavy atom. The zero-order valence-corrected chi connectivity index (χ0v) is 18.6. The lowest BCUT2D eigenvalue weighted by Gasteiger charge is -2.16. The van der Waals surface area contributed by atoms with Crippen LogP contribution in [0.5, 0.6) is 0 Å². The van der Waals surface area contributed by atoms with Crippen LogP contribution in [0.15, 0.2) is 65.6 Å². The number of hydrogen-bond donors (Lipinski definition) is 2. The molecule has 3 aromatic carbocycles. The fraction of sp³-hybridized carbons (Fsp3) is 0.174. The zero-order valence-electron chi connectivity index (χ0n) is 17.1. The van der Waals surface area contributed by atoms with Gasteiger partial charge in [-0.15, -0.1) is 0 Å². The van der Waals surface area contributed by atoms with Crippen molar-refractivity contribution in [3.05, 3.63) is 88.2 Å². The highest BCUT2D eigenvalue weighted by Gasteiger charge is 2.20. The molecule has 8 heteroatoms. The number of carbonyl (C=O) groups excluding carboxylic acids is 1. The number of rotatable bonds is 7. The monoisotopic (exact) mass is 460 g/mol. The van der Waals surface area contributed by atoms with Crippen molar-refractivity contribution < 1.29 is 17.6 Å². The highest BCUT2D eigenvalue weighted by atomic mass is 35.5. The van der Waals surface area contributed by atoms with Gasteiger partial charge in [0.1, 0.15) is 5.82 Å². The first-order valence-electron chi connectivity index (χ1n) is 9.75. The van der Waals surface area contributed by atoms with Crippen LogP contribution in [0.25, 0.3) is 0 Å². The summed E-state index contributed by atoms with van der Waals surface area (Å²) < 4.78 is 43.0. The van der Waals surface area contributed by atoms with Gasteiger partial charge >= 0.3 is 0 Å². The van der Waals surface area contributed by atoms with E-state index in [4.69, 9.17) is 11.6 Å². The normalized spacial score (nSPS) is 11.2. The second-order valence-corrected chi connectivity index (χ2v) is 8.99. The molecule has 2 N–H and O–H groups in total. The fourth-order valence-electron chi connectivity index (χ4n) is 3.16. The third-order valence-corrected chi connectivity index (χ3v) is 6.40. The Morgan fingerprint density at radius 2 is 1.61 bits per heavy atom. The molecule has 3 rings (SSSR count). The number of halogens is 2. The lowest BCUT2D eigenvalue weighted by Crippen LogP contribution is -2.17. The van der Waals surface area contributed by atoms with Gasteiger partial charge in [-0.2, -0.15) is 0 Å². The Labute approximate surface area is 186 Å². The number of nitrogens with one attached hydrogen (secondary N) is 2. The zero-order chi connectivity index (χ0) is 22.6. The van der Waals surface area contributed by atoms with E-state index >= 15 is 0 Å². The maximum atomic E-state index is 14.6. The predicted octanol–water partition coefficient (Wildman–Crippen LogP) is 5.66. The van der Waals surface area contributed by atoms with Gasteiger partial charge in [-0.05, 0) is 60.4 Å². The number of hydrogen-bond acceptors (Lipinski definition) is 3. The second-order valence-electron chi connectivity index (χ2n) is 6.87. The summed E-state index contributed by atoms with van der Waals surface area (Å²) in [6.07, 6.45) is 1.29. The third-order valence-electron chi connectivity index (χ3n) is 4.82. The average Bonchev–Trinajstić information content (AvgIpc) is 2.75. The molecule has 162 valence electrons. The molecule has 0 saturated heterocycles. The highest BCUT2D eigenvalue weighted by Crippen LogP contribution is 2.27. The minimum Gasteiger partial charge on any atom is -0.319 e. The minimum atomic E-state index is -4.02. The first-order chi connectivity index (χ1) is 14.7. The van der Waals surface area contributed by atoms with Crippen LogP contribution in [0, 0.1) is 5.82 Å². The van der Waals surface area contributed by atoms with Crippen molar-refractivity contribution in [1.29, 1.82) is 0 Å². The maximum absolute atomic E-state index is 14.6. The van der Waals surface area contributed by atoms with Crippen LogP contribution in [0.2, 0.25) is 5.02 Å². The van der Waals surface area contributed by atoms with E-state index in [1.807, 2.05) is 32.0 Å². The summed E-state index contributed by atoms with van der Waals surface area (Å²) in [4.78, 5) is 12.1. The first-order valence-corrected chi connectivity index (χ1v) is 11.6. The lowest BCUT2D eigenvalue weighted by molar-refractivity contribution is 0.102. The van der Waals surface area contributed by atoms with Gasteiger partial charge in [-0.3, -0.25) is 9.52 Å². The van der Waals surface area contributed by atoms with Crippen molar-refractivity contribution in [3.8, 4) is 0 Å². The Morgan fingerprint density at radius 3 is 2.19 bits per heavy atom. The Bertz CT molecular complexity index is 1210. The highest BCUT2D eigenvalue weighted by molar-refractivity contribution is 7.92. The number of sulfonamides is 1. The summed E-state index contributed by atoms with van der Waals surface area (Å²) in [5.74, 6) is -1.42. The summed E-state index contributed by atoms with van der Waals surface area (Å²) in [6, 6.07) is 15.2. The second kappa shape index (κ2) is 9.49. The van der Waals surface area contributed by atoms with E-state index in [9.17, 15) is 17.6 Å². The number of aryl methyl sites for hydroxylation is 2. The molecule has 0 fully saturated rings. The average molecular weight is 461 g/mol. The molecule has 0 atom stereocenters. The van der Waals surface area contributed by atoms with Crippen molar-refractivity contribution in [1.82, 2.24) is 0 Å². The third kappa shape index (κ3) is 5.24. The number of benzene rings is 3. The summed E-state index contributed by atoms with van der Waals surface area (Å²) >= 11 is 5.88. The van der Waals surface area contributed by atoms with Crippen molar-refractivity contribution in [3.63, 3.8) is 0 Å². The molecule has 0 radical (unpaired) electrons. The van der Waals surface area contributed by atoms with Crippen molar-refractivity contribution in [2.45, 2.75) is 31.6 Å². The van der Waals surface area contributed by atoms with E-state index in [0.717, 1.165) is 17.2 Å². The van der Waals surface area contributed by atoms with Crippen LogP contribution in [-0.2, 0) is 22.9 Å². The summed E-state index contributed by atoms with van der Waals surface area (Å²) in [5.41, 5.74) is 2.36. The minimum absolute atomic E-state index is 0.132. The standard InChI is InChI=1S/C23H22ClFN2O3S/c1-3-15-7-5-8-16(4-2)22(15)27-31(29,30)19-11-12-21(20(25)14-19)26-23(28)17-9-6-10-18(24)13-17/h5-14,27H,3-4H2,1-2H3,(H,26,28). The molecule has 0 heterocycles. The lowest BCUT2D eigenvalue weighted by atomic mass is 10.0. The molecule has 0 saturated carbocycles. The van der Waals surface area contributed by atoms with Crippen LogP contribution < -0.4 is 10.0 Å². The van der Waals surface area contributed by atoms with E-state index in [1.165, 1.54) is 18.2 Å². The Hall–Kier alpha value is -2.90. The predicted molar refractivity (Wildman–Crippen MR) is 122 cm³/mol. The Balaban J connectivity index is 1.86. The van der Waals surface area contributed by atoms with E-state index in [-0.39, 0.29) is 16.1 Å². The van der Waals surface area contributed by atoms with Gasteiger partial charge in [-0.25, -0.2) is 12.8 Å². The quantitative estimate of drug-likeness (QED) is 0.478. The van der Waals surface area contributed by atoms with E-state index < -0.39 is 21.7 Å². The van der Waals surface area contributed by atoms with Gasteiger partial charge in [0.2, 0.25) is 0 Å². The molecule has 0 spiro atoms.